The van der Waals surface area contributed by atoms with Gasteiger partial charge in [0.15, 0.2) is 12.6 Å². The summed E-state index contributed by atoms with van der Waals surface area (Å²) in [6.07, 6.45) is -7.48. The van der Waals surface area contributed by atoms with Crippen molar-refractivity contribution in [3.05, 3.63) is 0 Å². The molecule has 0 aromatic rings. The molecule has 0 aromatic carbocycles. The lowest BCUT2D eigenvalue weighted by molar-refractivity contribution is -0.339. The summed E-state index contributed by atoms with van der Waals surface area (Å²) >= 11 is 0. The molecule has 2 spiro atoms. The molecule has 55 heavy (non-hydrogen) atoms. The molecule has 0 aromatic heterocycles. The number of fused-ring (bicyclic) bond motifs is 2. The van der Waals surface area contributed by atoms with Gasteiger partial charge in [-0.1, -0.05) is 27.7 Å². The standard InChI is InChI=1S/C41H68O14/c1-35(2)24(54-33-29(48)26(45)20(44)17-51-33)9-11-41-18-40(41)13-12-37(5)31(39(7)10-8-25(55-39)36(3,4)50)19(43)15-38(37,6)23(40)14-21(32(35)41)52-34-30(49)28(47)27(46)22(16-42)53-34/h19-34,42-50H,8-18H2,1-7H3/t19-,20+,21-,22+,23-,24+,25-,26-,27+,28-,29+,30+,31-,32-,33-,34+,37+,38-,39+,40-,41+/m0/s1. The van der Waals surface area contributed by atoms with E-state index in [2.05, 4.69) is 34.6 Å². The predicted molar refractivity (Wildman–Crippen MR) is 194 cm³/mol. The van der Waals surface area contributed by atoms with Gasteiger partial charge in [-0.15, -0.1) is 0 Å². The van der Waals surface area contributed by atoms with Gasteiger partial charge in [0.2, 0.25) is 0 Å². The van der Waals surface area contributed by atoms with Crippen LogP contribution in [0.25, 0.3) is 0 Å². The zero-order valence-electron chi connectivity index (χ0n) is 33.6. The van der Waals surface area contributed by atoms with Gasteiger partial charge < -0.3 is 69.6 Å². The highest BCUT2D eigenvalue weighted by atomic mass is 16.7. The smallest absolute Gasteiger partial charge is 0.186 e. The van der Waals surface area contributed by atoms with Crippen LogP contribution in [0.3, 0.4) is 0 Å². The maximum Gasteiger partial charge on any atom is 0.186 e. The Bertz CT molecular complexity index is 1460. The van der Waals surface area contributed by atoms with Crippen LogP contribution >= 0.6 is 0 Å². The van der Waals surface area contributed by atoms with Crippen molar-refractivity contribution in [3.8, 4) is 0 Å². The van der Waals surface area contributed by atoms with Gasteiger partial charge in [-0.25, -0.2) is 0 Å². The predicted octanol–water partition coefficient (Wildman–Crippen LogP) is 0.724. The molecule has 8 aliphatic rings. The highest BCUT2D eigenvalue weighted by Crippen LogP contribution is 2.89. The van der Waals surface area contributed by atoms with Crippen molar-refractivity contribution in [2.24, 2.45) is 44.8 Å². The van der Waals surface area contributed by atoms with E-state index in [-0.39, 0.29) is 52.1 Å². The number of ether oxygens (including phenoxy) is 5. The van der Waals surface area contributed by atoms with Crippen LogP contribution in [0.15, 0.2) is 0 Å². The summed E-state index contributed by atoms with van der Waals surface area (Å²) in [6.45, 7) is 13.8. The number of aliphatic hydroxyl groups is 9. The lowest BCUT2D eigenvalue weighted by atomic mass is 9.41. The zero-order valence-corrected chi connectivity index (χ0v) is 33.6. The second-order valence-electron chi connectivity index (χ2n) is 21.1. The van der Waals surface area contributed by atoms with Crippen LogP contribution in [0.2, 0.25) is 0 Å². The van der Waals surface area contributed by atoms with E-state index in [1.807, 2.05) is 0 Å². The Labute approximate surface area is 324 Å². The molecule has 5 saturated carbocycles. The summed E-state index contributed by atoms with van der Waals surface area (Å²) < 4.78 is 31.9. The van der Waals surface area contributed by atoms with Crippen LogP contribution in [0.5, 0.6) is 0 Å². The molecule has 21 atom stereocenters. The highest BCUT2D eigenvalue weighted by Gasteiger charge is 2.85. The first-order valence-corrected chi connectivity index (χ1v) is 20.9. The highest BCUT2D eigenvalue weighted by molar-refractivity contribution is 5.33. The monoisotopic (exact) mass is 784 g/mol. The Kier molecular flexibility index (Phi) is 9.90. The van der Waals surface area contributed by atoms with Gasteiger partial charge in [-0.2, -0.15) is 0 Å². The molecule has 3 saturated heterocycles. The number of hydrogen-bond donors (Lipinski definition) is 9. The lowest BCUT2D eigenvalue weighted by Crippen LogP contribution is -2.65. The van der Waals surface area contributed by atoms with Gasteiger partial charge >= 0.3 is 0 Å². The van der Waals surface area contributed by atoms with Crippen LogP contribution in [-0.2, 0) is 23.7 Å². The van der Waals surface area contributed by atoms with Crippen molar-refractivity contribution in [1.29, 1.82) is 0 Å². The summed E-state index contributed by atoms with van der Waals surface area (Å²) in [5.74, 6) is -0.215. The second-order valence-corrected chi connectivity index (χ2v) is 21.1. The SMILES string of the molecule is CC(C)(O)[C@@H]1CC[C@](C)([C@H]2[C@@H](O)C[C@@]3(C)[C@@H]4C[C@H](O[C@@H]5O[C@H](CO)[C@@H](O)[C@H](O)[C@H]5O)[C@H]5C(C)(C)[C@H](O[C@@H]6OC[C@@H](O)[C@H](O)[C@H]6O)CC[C@@]56C[C@@]46CC[C@]23C)O1. The number of hydrogen-bond acceptors (Lipinski definition) is 14. The Balaban J connectivity index is 1.15. The van der Waals surface area contributed by atoms with Crippen LogP contribution in [-0.4, -0.2) is 150 Å². The summed E-state index contributed by atoms with van der Waals surface area (Å²) in [5, 5.41) is 97.2. The largest absolute Gasteiger partial charge is 0.394 e. The van der Waals surface area contributed by atoms with Crippen molar-refractivity contribution >= 4 is 0 Å². The zero-order chi connectivity index (χ0) is 40.1. The first kappa shape index (κ1) is 41.2. The van der Waals surface area contributed by atoms with E-state index in [9.17, 15) is 46.0 Å². The fraction of sp³-hybridized carbons (Fsp3) is 1.00. The van der Waals surface area contributed by atoms with Crippen molar-refractivity contribution in [2.75, 3.05) is 13.2 Å². The fourth-order valence-corrected chi connectivity index (χ4v) is 14.9. The van der Waals surface area contributed by atoms with Gasteiger partial charge in [-0.05, 0) is 117 Å². The van der Waals surface area contributed by atoms with E-state index < -0.39 is 96.8 Å². The molecule has 0 unspecified atom stereocenters. The summed E-state index contributed by atoms with van der Waals surface area (Å²) in [6, 6.07) is 0. The Morgan fingerprint density at radius 2 is 1.40 bits per heavy atom. The molecule has 9 N–H and O–H groups in total. The molecule has 0 amide bonds. The Morgan fingerprint density at radius 1 is 0.709 bits per heavy atom. The van der Waals surface area contributed by atoms with E-state index in [4.69, 9.17) is 23.7 Å². The minimum atomic E-state index is -1.60. The van der Waals surface area contributed by atoms with Crippen LogP contribution in [0, 0.1) is 44.8 Å². The van der Waals surface area contributed by atoms with E-state index in [0.29, 0.717) is 25.7 Å². The van der Waals surface area contributed by atoms with Crippen LogP contribution in [0.4, 0.5) is 0 Å². The molecule has 8 rings (SSSR count). The van der Waals surface area contributed by atoms with Crippen LogP contribution in [0.1, 0.15) is 106 Å². The molecule has 3 aliphatic heterocycles. The average Bonchev–Trinajstić information content (AvgIpc) is 3.47. The average molecular weight is 785 g/mol. The topological polar surface area (TPSA) is 228 Å². The van der Waals surface area contributed by atoms with Gasteiger partial charge in [-0.3, -0.25) is 0 Å². The second kappa shape index (κ2) is 13.2. The van der Waals surface area contributed by atoms with Gasteiger partial charge in [0.25, 0.3) is 0 Å². The molecular formula is C41H68O14. The third-order valence-corrected chi connectivity index (χ3v) is 17.6. The molecule has 316 valence electrons. The van der Waals surface area contributed by atoms with E-state index in [1.54, 1.807) is 13.8 Å². The third kappa shape index (κ3) is 5.70. The molecule has 5 aliphatic carbocycles. The molecule has 0 bridgehead atoms. The molecule has 0 radical (unpaired) electrons. The summed E-state index contributed by atoms with van der Waals surface area (Å²) in [5.41, 5.74) is -3.16. The molecule has 14 nitrogen and oxygen atoms in total. The van der Waals surface area contributed by atoms with Crippen molar-refractivity contribution in [1.82, 2.24) is 0 Å². The van der Waals surface area contributed by atoms with E-state index in [0.717, 1.165) is 32.1 Å². The first-order valence-electron chi connectivity index (χ1n) is 20.9. The Hall–Kier alpha value is -0.560. The fourth-order valence-electron chi connectivity index (χ4n) is 14.9. The first-order chi connectivity index (χ1) is 25.5. The molecule has 14 heteroatoms. The van der Waals surface area contributed by atoms with E-state index in [1.165, 1.54) is 0 Å². The maximum atomic E-state index is 12.2. The molecule has 3 heterocycles. The van der Waals surface area contributed by atoms with E-state index >= 15 is 0 Å². The van der Waals surface area contributed by atoms with Crippen molar-refractivity contribution in [2.45, 2.75) is 197 Å². The maximum absolute atomic E-state index is 12.2. The molecule has 8 fully saturated rings. The van der Waals surface area contributed by atoms with Crippen molar-refractivity contribution < 1.29 is 69.6 Å². The third-order valence-electron chi connectivity index (χ3n) is 17.6. The number of rotatable bonds is 7. The lowest BCUT2D eigenvalue weighted by Gasteiger charge is -2.65. The normalized spacial score (nSPS) is 58.7. The summed E-state index contributed by atoms with van der Waals surface area (Å²) in [4.78, 5) is 0. The van der Waals surface area contributed by atoms with Gasteiger partial charge in [0.1, 0.15) is 42.7 Å². The minimum Gasteiger partial charge on any atom is -0.394 e. The van der Waals surface area contributed by atoms with Gasteiger partial charge in [0, 0.05) is 5.92 Å². The quantitative estimate of drug-likeness (QED) is 0.162. The van der Waals surface area contributed by atoms with Gasteiger partial charge in [0.05, 0.1) is 48.8 Å². The number of aliphatic hydroxyl groups excluding tert-OH is 8. The van der Waals surface area contributed by atoms with Crippen molar-refractivity contribution in [3.63, 3.8) is 0 Å². The Morgan fingerprint density at radius 3 is 2.05 bits per heavy atom. The van der Waals surface area contributed by atoms with Crippen LogP contribution < -0.4 is 0 Å². The molecular weight excluding hydrogens is 716 g/mol. The summed E-state index contributed by atoms with van der Waals surface area (Å²) in [7, 11) is 0. The minimum absolute atomic E-state index is 0.0633.